The van der Waals surface area contributed by atoms with E-state index in [-0.39, 0.29) is 0 Å². The van der Waals surface area contributed by atoms with E-state index in [1.165, 1.54) is 11.1 Å². The number of rotatable bonds is 3. The molecule has 0 unspecified atom stereocenters. The van der Waals surface area contributed by atoms with Gasteiger partial charge in [-0.1, -0.05) is 22.0 Å². The van der Waals surface area contributed by atoms with Crippen LogP contribution in [-0.2, 0) is 6.54 Å². The lowest BCUT2D eigenvalue weighted by atomic mass is 10.1. The van der Waals surface area contributed by atoms with Gasteiger partial charge in [-0.3, -0.25) is 0 Å². The number of anilines is 1. The maximum atomic E-state index is 4.16. The Bertz CT molecular complexity index is 512. The van der Waals surface area contributed by atoms with E-state index in [1.54, 1.807) is 12.4 Å². The molecule has 0 bridgehead atoms. The molecule has 0 aliphatic rings. The van der Waals surface area contributed by atoms with Crippen LogP contribution in [0, 0.1) is 6.92 Å². The minimum atomic E-state index is 0.632. The van der Waals surface area contributed by atoms with Crippen LogP contribution in [-0.4, -0.2) is 9.97 Å². The highest BCUT2D eigenvalue weighted by atomic mass is 79.9. The zero-order valence-corrected chi connectivity index (χ0v) is 12.4. The summed E-state index contributed by atoms with van der Waals surface area (Å²) in [6, 6.07) is 6.22. The minimum Gasteiger partial charge on any atom is -0.350 e. The average molecular weight is 357 g/mol. The van der Waals surface area contributed by atoms with Crippen molar-refractivity contribution in [1.29, 1.82) is 0 Å². The Labute approximate surface area is 117 Å². The highest BCUT2D eigenvalue weighted by molar-refractivity contribution is 9.10. The smallest absolute Gasteiger partial charge is 0.222 e. The molecule has 0 saturated heterocycles. The molecule has 0 saturated carbocycles. The van der Waals surface area contributed by atoms with E-state index in [0.29, 0.717) is 12.5 Å². The third-order valence-electron chi connectivity index (χ3n) is 2.37. The summed E-state index contributed by atoms with van der Waals surface area (Å²) in [5.74, 6) is 0.632. The molecule has 1 N–H and O–H groups in total. The van der Waals surface area contributed by atoms with Gasteiger partial charge in [0.1, 0.15) is 0 Å². The first-order valence-electron chi connectivity index (χ1n) is 5.11. The number of hydrogen-bond acceptors (Lipinski definition) is 3. The van der Waals surface area contributed by atoms with Crippen LogP contribution in [0.15, 0.2) is 39.5 Å². The standard InChI is InChI=1S/C12H11Br2N3/c1-8-2-3-10(13)4-9(8)5-15-12-16-6-11(14)7-17-12/h2-4,6-7H,5H2,1H3,(H,15,16,17). The van der Waals surface area contributed by atoms with Gasteiger partial charge in [0.25, 0.3) is 0 Å². The lowest BCUT2D eigenvalue weighted by molar-refractivity contribution is 1.04. The largest absolute Gasteiger partial charge is 0.350 e. The number of benzene rings is 1. The Kier molecular flexibility index (Phi) is 4.12. The summed E-state index contributed by atoms with van der Waals surface area (Å²) >= 11 is 6.77. The Morgan fingerprint density at radius 3 is 2.53 bits per heavy atom. The van der Waals surface area contributed by atoms with E-state index in [0.717, 1.165) is 8.95 Å². The van der Waals surface area contributed by atoms with Crippen molar-refractivity contribution in [2.75, 3.05) is 5.32 Å². The Hall–Kier alpha value is -0.940. The molecule has 1 aromatic carbocycles. The van der Waals surface area contributed by atoms with Crippen LogP contribution in [0.3, 0.4) is 0 Å². The second kappa shape index (κ2) is 5.60. The number of aryl methyl sites for hydroxylation is 1. The van der Waals surface area contributed by atoms with Crippen LogP contribution in [0.1, 0.15) is 11.1 Å². The van der Waals surface area contributed by atoms with Crippen molar-refractivity contribution >= 4 is 37.8 Å². The molecule has 1 aromatic heterocycles. The summed E-state index contributed by atoms with van der Waals surface area (Å²) in [4.78, 5) is 8.33. The first-order valence-corrected chi connectivity index (χ1v) is 6.70. The first kappa shape index (κ1) is 12.5. The summed E-state index contributed by atoms with van der Waals surface area (Å²) in [6.45, 7) is 2.80. The summed E-state index contributed by atoms with van der Waals surface area (Å²) in [7, 11) is 0. The molecule has 1 heterocycles. The van der Waals surface area contributed by atoms with Crippen LogP contribution in [0.2, 0.25) is 0 Å². The maximum Gasteiger partial charge on any atom is 0.222 e. The van der Waals surface area contributed by atoms with E-state index >= 15 is 0 Å². The number of hydrogen-bond donors (Lipinski definition) is 1. The van der Waals surface area contributed by atoms with Crippen molar-refractivity contribution in [2.24, 2.45) is 0 Å². The Morgan fingerprint density at radius 2 is 1.82 bits per heavy atom. The summed E-state index contributed by atoms with van der Waals surface area (Å²) in [5, 5.41) is 3.19. The van der Waals surface area contributed by atoms with Gasteiger partial charge in [-0.25, -0.2) is 9.97 Å². The van der Waals surface area contributed by atoms with E-state index in [2.05, 4.69) is 66.2 Å². The van der Waals surface area contributed by atoms with Crippen molar-refractivity contribution in [3.63, 3.8) is 0 Å². The van der Waals surface area contributed by atoms with Crippen LogP contribution in [0.5, 0.6) is 0 Å². The van der Waals surface area contributed by atoms with Crippen LogP contribution >= 0.6 is 31.9 Å². The van der Waals surface area contributed by atoms with E-state index in [4.69, 9.17) is 0 Å². The number of aromatic nitrogens is 2. The Balaban J connectivity index is 2.07. The molecule has 0 radical (unpaired) electrons. The molecule has 5 heteroatoms. The van der Waals surface area contributed by atoms with Crippen LogP contribution < -0.4 is 5.32 Å². The normalized spacial score (nSPS) is 10.3. The second-order valence-corrected chi connectivity index (χ2v) is 5.48. The van der Waals surface area contributed by atoms with Crippen molar-refractivity contribution in [1.82, 2.24) is 9.97 Å². The Morgan fingerprint density at radius 1 is 1.12 bits per heavy atom. The molecule has 0 aliphatic heterocycles. The second-order valence-electron chi connectivity index (χ2n) is 3.65. The van der Waals surface area contributed by atoms with Gasteiger partial charge in [0.15, 0.2) is 0 Å². The summed E-state index contributed by atoms with van der Waals surface area (Å²) < 4.78 is 1.96. The van der Waals surface area contributed by atoms with Gasteiger partial charge < -0.3 is 5.32 Å². The highest BCUT2D eigenvalue weighted by Crippen LogP contribution is 2.17. The minimum absolute atomic E-state index is 0.632. The fraction of sp³-hybridized carbons (Fsp3) is 0.167. The molecule has 0 atom stereocenters. The zero-order chi connectivity index (χ0) is 12.3. The molecule has 3 nitrogen and oxygen atoms in total. The number of nitrogens with zero attached hydrogens (tertiary/aromatic N) is 2. The van der Waals surface area contributed by atoms with Gasteiger partial charge in [0.05, 0.1) is 4.47 Å². The average Bonchev–Trinajstić information content (AvgIpc) is 2.32. The molecular formula is C12H11Br2N3. The van der Waals surface area contributed by atoms with Gasteiger partial charge in [0.2, 0.25) is 5.95 Å². The molecule has 0 spiro atoms. The van der Waals surface area contributed by atoms with E-state index in [1.807, 2.05) is 6.07 Å². The quantitative estimate of drug-likeness (QED) is 0.905. The highest BCUT2D eigenvalue weighted by Gasteiger charge is 2.01. The van der Waals surface area contributed by atoms with Gasteiger partial charge in [-0.05, 0) is 46.1 Å². The van der Waals surface area contributed by atoms with Crippen molar-refractivity contribution in [2.45, 2.75) is 13.5 Å². The van der Waals surface area contributed by atoms with Gasteiger partial charge in [0, 0.05) is 23.4 Å². The molecule has 88 valence electrons. The molecular weight excluding hydrogens is 346 g/mol. The fourth-order valence-corrected chi connectivity index (χ4v) is 2.02. The lowest BCUT2D eigenvalue weighted by Crippen LogP contribution is -2.04. The SMILES string of the molecule is Cc1ccc(Br)cc1CNc1ncc(Br)cn1. The predicted octanol–water partition coefficient (Wildman–Crippen LogP) is 3.92. The zero-order valence-electron chi connectivity index (χ0n) is 9.24. The predicted molar refractivity (Wildman–Crippen MR) is 75.9 cm³/mol. The van der Waals surface area contributed by atoms with E-state index in [9.17, 15) is 0 Å². The molecule has 0 amide bonds. The third kappa shape index (κ3) is 3.51. The summed E-state index contributed by atoms with van der Waals surface area (Å²) in [5.41, 5.74) is 2.48. The van der Waals surface area contributed by atoms with Crippen LogP contribution in [0.4, 0.5) is 5.95 Å². The summed E-state index contributed by atoms with van der Waals surface area (Å²) in [6.07, 6.45) is 3.45. The van der Waals surface area contributed by atoms with Gasteiger partial charge >= 0.3 is 0 Å². The molecule has 2 rings (SSSR count). The fourth-order valence-electron chi connectivity index (χ4n) is 1.41. The topological polar surface area (TPSA) is 37.8 Å². The van der Waals surface area contributed by atoms with Crippen molar-refractivity contribution in [3.8, 4) is 0 Å². The monoisotopic (exact) mass is 355 g/mol. The molecule has 17 heavy (non-hydrogen) atoms. The molecule has 2 aromatic rings. The molecule has 0 fully saturated rings. The number of halogens is 2. The van der Waals surface area contributed by atoms with Crippen molar-refractivity contribution < 1.29 is 0 Å². The van der Waals surface area contributed by atoms with Crippen molar-refractivity contribution in [3.05, 3.63) is 50.7 Å². The molecule has 0 aliphatic carbocycles. The van der Waals surface area contributed by atoms with Gasteiger partial charge in [-0.2, -0.15) is 0 Å². The first-order chi connectivity index (χ1) is 8.15. The van der Waals surface area contributed by atoms with Crippen LogP contribution in [0.25, 0.3) is 0 Å². The lowest BCUT2D eigenvalue weighted by Gasteiger charge is -2.08. The number of nitrogens with one attached hydrogen (secondary N) is 1. The van der Waals surface area contributed by atoms with E-state index < -0.39 is 0 Å². The van der Waals surface area contributed by atoms with Gasteiger partial charge in [-0.15, -0.1) is 0 Å². The third-order valence-corrected chi connectivity index (χ3v) is 3.27. The maximum absolute atomic E-state index is 4.16.